The molecule has 2 heterocycles. The van der Waals surface area contributed by atoms with Crippen LogP contribution in [0.5, 0.6) is 0 Å². The zero-order valence-corrected chi connectivity index (χ0v) is 16.2. The summed E-state index contributed by atoms with van der Waals surface area (Å²) in [6.07, 6.45) is 2.79. The van der Waals surface area contributed by atoms with Crippen molar-refractivity contribution in [2.45, 2.75) is 6.54 Å². The fraction of sp³-hybridized carbons (Fsp3) is 0.0500. The number of imidazole rings is 1. The highest BCUT2D eigenvalue weighted by atomic mass is 35.5. The molecule has 0 saturated heterocycles. The maximum atomic E-state index is 11.6. The van der Waals surface area contributed by atoms with Crippen LogP contribution in [0.2, 0.25) is 5.02 Å². The second-order valence-electron chi connectivity index (χ2n) is 6.44. The number of rotatable bonds is 6. The van der Waals surface area contributed by atoms with Crippen molar-refractivity contribution in [2.24, 2.45) is 5.73 Å². The fourth-order valence-electron chi connectivity index (χ4n) is 3.06. The number of amides is 1. The van der Waals surface area contributed by atoms with Gasteiger partial charge in [-0.3, -0.25) is 19.5 Å². The lowest BCUT2D eigenvalue weighted by Crippen LogP contribution is -2.16. The quantitative estimate of drug-likeness (QED) is 0.360. The molecule has 0 fully saturated rings. The van der Waals surface area contributed by atoms with Crippen molar-refractivity contribution >= 4 is 40.0 Å². The minimum absolute atomic E-state index is 0.0678. The first-order valence-corrected chi connectivity index (χ1v) is 9.21. The summed E-state index contributed by atoms with van der Waals surface area (Å²) in [4.78, 5) is 30.2. The number of halogens is 1. The van der Waals surface area contributed by atoms with E-state index in [1.165, 1.54) is 0 Å². The van der Waals surface area contributed by atoms with E-state index in [4.69, 9.17) is 17.3 Å². The number of nitrogens with two attached hydrogens (primary N) is 1. The zero-order valence-electron chi connectivity index (χ0n) is 15.4. The molecule has 9 nitrogen and oxygen atoms in total. The van der Waals surface area contributed by atoms with E-state index in [1.54, 1.807) is 6.33 Å². The van der Waals surface area contributed by atoms with Gasteiger partial charge in [0.25, 0.3) is 11.6 Å². The van der Waals surface area contributed by atoms with Gasteiger partial charge in [-0.25, -0.2) is 9.97 Å². The van der Waals surface area contributed by atoms with Crippen molar-refractivity contribution < 1.29 is 9.72 Å². The van der Waals surface area contributed by atoms with Crippen LogP contribution in [-0.4, -0.2) is 25.4 Å². The van der Waals surface area contributed by atoms with E-state index in [0.717, 1.165) is 34.5 Å². The highest BCUT2D eigenvalue weighted by Crippen LogP contribution is 2.25. The number of carbonyl (C=O) groups is 1. The molecule has 4 rings (SSSR count). The van der Waals surface area contributed by atoms with Gasteiger partial charge in [0.05, 0.1) is 21.5 Å². The first kappa shape index (κ1) is 19.3. The average molecular weight is 423 g/mol. The van der Waals surface area contributed by atoms with E-state index in [0.29, 0.717) is 5.02 Å². The molecular formula is C20H15ClN6O3. The largest absolute Gasteiger partial charge is 0.365 e. The predicted molar refractivity (Wildman–Crippen MR) is 113 cm³/mol. The maximum Gasteiger partial charge on any atom is 0.288 e. The van der Waals surface area contributed by atoms with E-state index >= 15 is 0 Å². The number of nitrogens with one attached hydrogen (secondary N) is 1. The van der Waals surface area contributed by atoms with E-state index in [1.807, 2.05) is 47.0 Å². The van der Waals surface area contributed by atoms with Crippen molar-refractivity contribution in [3.63, 3.8) is 0 Å². The molecule has 0 spiro atoms. The van der Waals surface area contributed by atoms with Gasteiger partial charge in [0.2, 0.25) is 0 Å². The molecule has 150 valence electrons. The van der Waals surface area contributed by atoms with Crippen LogP contribution in [0.15, 0.2) is 61.1 Å². The number of para-hydroxylation sites is 2. The van der Waals surface area contributed by atoms with Crippen LogP contribution in [0.1, 0.15) is 15.9 Å². The summed E-state index contributed by atoms with van der Waals surface area (Å²) in [6, 6.07) is 14.4. The molecule has 0 radical (unpaired) electrons. The van der Waals surface area contributed by atoms with Crippen molar-refractivity contribution in [3.05, 3.63) is 87.3 Å². The van der Waals surface area contributed by atoms with E-state index in [9.17, 15) is 14.9 Å². The molecule has 0 unspecified atom stereocenters. The number of carbonyl (C=O) groups excluding carboxylic acids is 1. The Hall–Kier alpha value is -3.98. The average Bonchev–Trinajstić information content (AvgIpc) is 3.16. The molecule has 30 heavy (non-hydrogen) atoms. The number of nitro groups is 1. The number of aromatic nitrogens is 3. The third-order valence-electron chi connectivity index (χ3n) is 4.56. The van der Waals surface area contributed by atoms with Gasteiger partial charge in [-0.15, -0.1) is 0 Å². The summed E-state index contributed by atoms with van der Waals surface area (Å²) in [5.74, 6) is -0.670. The summed E-state index contributed by atoms with van der Waals surface area (Å²) >= 11 is 6.46. The number of anilines is 1. The number of nitrogens with zero attached hydrogens (tertiary/aromatic N) is 4. The van der Waals surface area contributed by atoms with Crippen molar-refractivity contribution in [1.29, 1.82) is 0 Å². The lowest BCUT2D eigenvalue weighted by atomic mass is 10.1. The number of pyridine rings is 1. The SMILES string of the molecule is NC(=O)c1cc([N+](=O)[O-])cnc1NCc1ccc(-n2cnc3ccccc32)cc1Cl. The molecule has 0 aliphatic heterocycles. The van der Waals surface area contributed by atoms with Gasteiger partial charge in [0.1, 0.15) is 18.3 Å². The van der Waals surface area contributed by atoms with Crippen LogP contribution >= 0.6 is 11.6 Å². The molecule has 0 aliphatic rings. The van der Waals surface area contributed by atoms with Gasteiger partial charge in [0.15, 0.2) is 0 Å². The highest BCUT2D eigenvalue weighted by molar-refractivity contribution is 6.31. The summed E-state index contributed by atoms with van der Waals surface area (Å²) in [6.45, 7) is 0.245. The smallest absolute Gasteiger partial charge is 0.288 e. The molecule has 0 aliphatic carbocycles. The lowest BCUT2D eigenvalue weighted by molar-refractivity contribution is -0.385. The highest BCUT2D eigenvalue weighted by Gasteiger charge is 2.16. The fourth-order valence-corrected chi connectivity index (χ4v) is 3.30. The minimum atomic E-state index is -0.817. The van der Waals surface area contributed by atoms with E-state index in [2.05, 4.69) is 15.3 Å². The number of primary amides is 1. The van der Waals surface area contributed by atoms with Crippen molar-refractivity contribution in [1.82, 2.24) is 14.5 Å². The Bertz CT molecular complexity index is 1290. The Morgan fingerprint density at radius 3 is 2.73 bits per heavy atom. The molecule has 0 saturated carbocycles. The van der Waals surface area contributed by atoms with Gasteiger partial charge in [-0.1, -0.05) is 29.8 Å². The Morgan fingerprint density at radius 2 is 2.00 bits per heavy atom. The normalized spacial score (nSPS) is 10.8. The van der Waals surface area contributed by atoms with Crippen LogP contribution in [0, 0.1) is 10.1 Å². The first-order valence-electron chi connectivity index (χ1n) is 8.83. The summed E-state index contributed by atoms with van der Waals surface area (Å²) in [7, 11) is 0. The summed E-state index contributed by atoms with van der Waals surface area (Å²) < 4.78 is 1.93. The van der Waals surface area contributed by atoms with Gasteiger partial charge in [-0.2, -0.15) is 0 Å². The van der Waals surface area contributed by atoms with Crippen LogP contribution in [0.4, 0.5) is 11.5 Å². The molecular weight excluding hydrogens is 408 g/mol. The monoisotopic (exact) mass is 422 g/mol. The zero-order chi connectivity index (χ0) is 21.3. The summed E-state index contributed by atoms with van der Waals surface area (Å²) in [5, 5.41) is 14.4. The molecule has 2 aromatic heterocycles. The predicted octanol–water partition coefficient (Wildman–Crippen LogP) is 3.69. The molecule has 1 amide bonds. The molecule has 3 N–H and O–H groups in total. The van der Waals surface area contributed by atoms with Gasteiger partial charge >= 0.3 is 0 Å². The number of benzene rings is 2. The molecule has 10 heteroatoms. The lowest BCUT2D eigenvalue weighted by Gasteiger charge is -2.12. The van der Waals surface area contributed by atoms with Crippen molar-refractivity contribution in [3.8, 4) is 5.69 Å². The Kier molecular flexibility index (Phi) is 5.03. The third-order valence-corrected chi connectivity index (χ3v) is 4.92. The third kappa shape index (κ3) is 3.65. The molecule has 2 aromatic carbocycles. The number of hydrogen-bond donors (Lipinski definition) is 2. The molecule has 4 aromatic rings. The topological polar surface area (TPSA) is 129 Å². The van der Waals surface area contributed by atoms with Crippen molar-refractivity contribution in [2.75, 3.05) is 5.32 Å². The van der Waals surface area contributed by atoms with Crippen LogP contribution in [-0.2, 0) is 6.54 Å². The van der Waals surface area contributed by atoms with Crippen LogP contribution in [0.25, 0.3) is 16.7 Å². The van der Waals surface area contributed by atoms with Gasteiger partial charge in [0, 0.05) is 23.3 Å². The Morgan fingerprint density at radius 1 is 1.20 bits per heavy atom. The Balaban J connectivity index is 1.58. The van der Waals surface area contributed by atoms with Gasteiger partial charge in [-0.05, 0) is 29.8 Å². The van der Waals surface area contributed by atoms with E-state index in [-0.39, 0.29) is 23.6 Å². The number of fused-ring (bicyclic) bond motifs is 1. The second kappa shape index (κ2) is 7.80. The van der Waals surface area contributed by atoms with Crippen LogP contribution in [0.3, 0.4) is 0 Å². The number of hydrogen-bond acceptors (Lipinski definition) is 6. The second-order valence-corrected chi connectivity index (χ2v) is 6.85. The standard InChI is InChI=1S/C20H15ClN6O3/c21-16-8-13(26-11-25-17-3-1-2-4-18(17)26)6-5-12(16)9-23-20-15(19(22)28)7-14(10-24-20)27(29)30/h1-8,10-11H,9H2,(H2,22,28)(H,23,24). The Labute approximate surface area is 175 Å². The molecule has 0 bridgehead atoms. The maximum absolute atomic E-state index is 11.6. The van der Waals surface area contributed by atoms with E-state index < -0.39 is 10.8 Å². The first-order chi connectivity index (χ1) is 14.4. The van der Waals surface area contributed by atoms with Crippen LogP contribution < -0.4 is 11.1 Å². The minimum Gasteiger partial charge on any atom is -0.365 e. The van der Waals surface area contributed by atoms with Gasteiger partial charge < -0.3 is 11.1 Å². The molecule has 0 atom stereocenters. The summed E-state index contributed by atoms with van der Waals surface area (Å²) in [5.41, 5.74) is 8.38.